The summed E-state index contributed by atoms with van der Waals surface area (Å²) in [6.45, 7) is 0. The van der Waals surface area contributed by atoms with Gasteiger partial charge in [-0.25, -0.2) is 8.42 Å². The van der Waals surface area contributed by atoms with Crippen molar-refractivity contribution in [2.45, 2.75) is 15.3 Å². The molecule has 18 heavy (non-hydrogen) atoms. The first kappa shape index (κ1) is 15.6. The quantitative estimate of drug-likeness (QED) is 0.577. The average molecular weight is 381 g/mol. The molecule has 0 unspecified atom stereocenters. The van der Waals surface area contributed by atoms with Crippen molar-refractivity contribution in [2.75, 3.05) is 0 Å². The van der Waals surface area contributed by atoms with E-state index in [1.807, 2.05) is 0 Å². The molecule has 0 radical (unpaired) electrons. The zero-order valence-corrected chi connectivity index (χ0v) is 12.1. The number of hydrogen-bond donors (Lipinski definition) is 0. The second-order valence-corrected chi connectivity index (χ2v) is 7.37. The Kier molecular flexibility index (Phi) is 4.59. The average Bonchev–Trinajstić information content (AvgIpc) is 2.17. The molecule has 1 aromatic carbocycles. The first-order valence-electron chi connectivity index (χ1n) is 3.98. The molecule has 10 heteroatoms. The monoisotopic (exact) mass is 379 g/mol. The topological polar surface area (TPSA) is 57.9 Å². The van der Waals surface area contributed by atoms with Crippen molar-refractivity contribution in [2.24, 2.45) is 0 Å². The predicted octanol–water partition coefficient (Wildman–Crippen LogP) is 3.86. The molecule has 0 N–H and O–H groups in total. The standard InChI is InChI=1S/C8H2BrClF3NO2S2/c9-6-2-5(18(10,15)16)1-4(3-14)7(6)17-8(11,12)13/h1-2H. The molecule has 0 saturated carbocycles. The van der Waals surface area contributed by atoms with E-state index in [1.165, 1.54) is 6.07 Å². The molecule has 0 aliphatic carbocycles. The van der Waals surface area contributed by atoms with E-state index in [1.54, 1.807) is 0 Å². The molecule has 0 saturated heterocycles. The number of alkyl halides is 3. The highest BCUT2D eigenvalue weighted by Crippen LogP contribution is 2.43. The van der Waals surface area contributed by atoms with Gasteiger partial charge in [0.15, 0.2) is 0 Å². The summed E-state index contributed by atoms with van der Waals surface area (Å²) in [6, 6.07) is 3.20. The highest BCUT2D eigenvalue weighted by atomic mass is 79.9. The number of hydrogen-bond acceptors (Lipinski definition) is 4. The molecule has 1 rings (SSSR count). The van der Waals surface area contributed by atoms with Crippen LogP contribution in [0.2, 0.25) is 0 Å². The summed E-state index contributed by atoms with van der Waals surface area (Å²) in [5.74, 6) is 0. The van der Waals surface area contributed by atoms with Gasteiger partial charge in [0.1, 0.15) is 6.07 Å². The predicted molar refractivity (Wildman–Crippen MR) is 63.8 cm³/mol. The van der Waals surface area contributed by atoms with Gasteiger partial charge in [-0.2, -0.15) is 18.4 Å². The molecule has 0 atom stereocenters. The third-order valence-corrected chi connectivity index (χ3v) is 4.73. The van der Waals surface area contributed by atoms with Crippen LogP contribution in [0.25, 0.3) is 0 Å². The maximum absolute atomic E-state index is 12.3. The van der Waals surface area contributed by atoms with Gasteiger partial charge in [0, 0.05) is 20.1 Å². The number of nitriles is 1. The van der Waals surface area contributed by atoms with Gasteiger partial charge in [0.05, 0.1) is 10.5 Å². The van der Waals surface area contributed by atoms with Crippen molar-refractivity contribution in [3.8, 4) is 6.07 Å². The Labute approximate surface area is 117 Å². The summed E-state index contributed by atoms with van der Waals surface area (Å²) in [6.07, 6.45) is 0. The number of thioether (sulfide) groups is 1. The Morgan fingerprint density at radius 1 is 1.39 bits per heavy atom. The van der Waals surface area contributed by atoms with E-state index in [9.17, 15) is 21.6 Å². The molecule has 0 fully saturated rings. The normalized spacial score (nSPS) is 12.2. The Hall–Kier alpha value is -0.430. The number of rotatable bonds is 2. The van der Waals surface area contributed by atoms with Crippen molar-refractivity contribution in [3.63, 3.8) is 0 Å². The smallest absolute Gasteiger partial charge is 0.207 e. The van der Waals surface area contributed by atoms with E-state index < -0.39 is 41.7 Å². The van der Waals surface area contributed by atoms with Crippen LogP contribution in [-0.4, -0.2) is 13.9 Å². The van der Waals surface area contributed by atoms with E-state index in [0.29, 0.717) is 0 Å². The van der Waals surface area contributed by atoms with Crippen molar-refractivity contribution in [3.05, 3.63) is 22.2 Å². The third-order valence-electron chi connectivity index (χ3n) is 1.64. The van der Waals surface area contributed by atoms with Crippen LogP contribution in [0.3, 0.4) is 0 Å². The van der Waals surface area contributed by atoms with Gasteiger partial charge in [-0.3, -0.25) is 0 Å². The molecular formula is C8H2BrClF3NO2S2. The van der Waals surface area contributed by atoms with Gasteiger partial charge in [-0.15, -0.1) is 0 Å². The van der Waals surface area contributed by atoms with Crippen LogP contribution < -0.4 is 0 Å². The van der Waals surface area contributed by atoms with Crippen LogP contribution in [0, 0.1) is 11.3 Å². The van der Waals surface area contributed by atoms with Crippen molar-refractivity contribution in [1.29, 1.82) is 5.26 Å². The zero-order chi connectivity index (χ0) is 14.1. The number of halogens is 5. The van der Waals surface area contributed by atoms with Crippen LogP contribution in [0.5, 0.6) is 0 Å². The summed E-state index contributed by atoms with van der Waals surface area (Å²) in [7, 11) is 0.940. The fourth-order valence-electron chi connectivity index (χ4n) is 1.01. The fraction of sp³-hybridized carbons (Fsp3) is 0.125. The Morgan fingerprint density at radius 2 is 1.94 bits per heavy atom. The summed E-state index contributed by atoms with van der Waals surface area (Å²) in [4.78, 5) is -0.854. The molecule has 98 valence electrons. The van der Waals surface area contributed by atoms with Crippen LogP contribution >= 0.6 is 38.4 Å². The second-order valence-electron chi connectivity index (χ2n) is 2.88. The lowest BCUT2D eigenvalue weighted by Gasteiger charge is -2.10. The molecule has 0 aliphatic heterocycles. The van der Waals surface area contributed by atoms with Crippen LogP contribution in [0.1, 0.15) is 5.56 Å². The first-order chi connectivity index (χ1) is 8.04. The van der Waals surface area contributed by atoms with Crippen LogP contribution in [0.15, 0.2) is 26.4 Å². The molecule has 3 nitrogen and oxygen atoms in total. The van der Waals surface area contributed by atoms with E-state index in [4.69, 9.17) is 15.9 Å². The van der Waals surface area contributed by atoms with Gasteiger partial charge in [-0.05, 0) is 39.8 Å². The van der Waals surface area contributed by atoms with Gasteiger partial charge in [0.2, 0.25) is 0 Å². The summed E-state index contributed by atoms with van der Waals surface area (Å²) >= 11 is 2.28. The first-order valence-corrected chi connectivity index (χ1v) is 7.90. The minimum Gasteiger partial charge on any atom is -0.207 e. The molecule has 0 heterocycles. The van der Waals surface area contributed by atoms with Gasteiger partial charge < -0.3 is 0 Å². The Balaban J connectivity index is 3.45. The third kappa shape index (κ3) is 4.05. The van der Waals surface area contributed by atoms with Gasteiger partial charge in [-0.1, -0.05) is 0 Å². The Morgan fingerprint density at radius 3 is 2.33 bits per heavy atom. The second kappa shape index (κ2) is 5.28. The van der Waals surface area contributed by atoms with E-state index >= 15 is 0 Å². The fourth-order valence-corrected chi connectivity index (χ4v) is 3.25. The molecule has 0 bridgehead atoms. The van der Waals surface area contributed by atoms with E-state index in [0.717, 1.165) is 12.1 Å². The van der Waals surface area contributed by atoms with Crippen LogP contribution in [0.4, 0.5) is 13.2 Å². The van der Waals surface area contributed by atoms with Crippen molar-refractivity contribution in [1.82, 2.24) is 0 Å². The van der Waals surface area contributed by atoms with Crippen molar-refractivity contribution < 1.29 is 21.6 Å². The molecule has 0 aliphatic rings. The zero-order valence-electron chi connectivity index (χ0n) is 8.12. The summed E-state index contributed by atoms with van der Waals surface area (Å²) < 4.78 is 58.7. The van der Waals surface area contributed by atoms with Gasteiger partial charge >= 0.3 is 5.51 Å². The maximum Gasteiger partial charge on any atom is 0.446 e. The SMILES string of the molecule is N#Cc1cc(S(=O)(=O)Cl)cc(Br)c1SC(F)(F)F. The largest absolute Gasteiger partial charge is 0.446 e. The molecular weight excluding hydrogens is 379 g/mol. The molecule has 0 spiro atoms. The van der Waals surface area contributed by atoms with Crippen LogP contribution in [-0.2, 0) is 9.05 Å². The number of benzene rings is 1. The molecule has 1 aromatic rings. The summed E-state index contributed by atoms with van der Waals surface area (Å²) in [5, 5.41) is 8.74. The highest BCUT2D eigenvalue weighted by Gasteiger charge is 2.32. The molecule has 0 amide bonds. The lowest BCUT2D eigenvalue weighted by atomic mass is 10.2. The van der Waals surface area contributed by atoms with E-state index in [-0.39, 0.29) is 4.47 Å². The highest BCUT2D eigenvalue weighted by molar-refractivity contribution is 9.10. The van der Waals surface area contributed by atoms with Gasteiger partial charge in [0.25, 0.3) is 9.05 Å². The lowest BCUT2D eigenvalue weighted by molar-refractivity contribution is -0.0328. The lowest BCUT2D eigenvalue weighted by Crippen LogP contribution is -2.02. The summed E-state index contributed by atoms with van der Waals surface area (Å²) in [5.41, 5.74) is -5.01. The maximum atomic E-state index is 12.3. The van der Waals surface area contributed by atoms with E-state index in [2.05, 4.69) is 15.9 Å². The van der Waals surface area contributed by atoms with Crippen molar-refractivity contribution >= 4 is 47.4 Å². The minimum atomic E-state index is -4.59. The Bertz CT molecular complexity index is 624. The minimum absolute atomic E-state index is 0.164. The molecule has 0 aromatic heterocycles. The number of nitrogens with zero attached hydrogens (tertiary/aromatic N) is 1.